The zero-order chi connectivity index (χ0) is 12.3. The van der Waals surface area contributed by atoms with Crippen molar-refractivity contribution in [2.75, 3.05) is 11.9 Å². The summed E-state index contributed by atoms with van der Waals surface area (Å²) in [7, 11) is 5.65. The van der Waals surface area contributed by atoms with Gasteiger partial charge in [0.15, 0.2) is 0 Å². The highest BCUT2D eigenvalue weighted by molar-refractivity contribution is 6.32. The highest BCUT2D eigenvalue weighted by Crippen LogP contribution is 2.13. The van der Waals surface area contributed by atoms with Crippen LogP contribution in [0.15, 0.2) is 24.3 Å². The number of rotatable bonds is 3. The third-order valence-corrected chi connectivity index (χ3v) is 2.79. The number of hydrogen-bond acceptors (Lipinski definition) is 3. The Morgan fingerprint density at radius 1 is 1.41 bits per heavy atom. The van der Waals surface area contributed by atoms with E-state index in [9.17, 15) is 9.59 Å². The number of amides is 2. The van der Waals surface area contributed by atoms with Crippen LogP contribution in [0.25, 0.3) is 0 Å². The number of nitrogens with one attached hydrogen (secondary N) is 2. The van der Waals surface area contributed by atoms with E-state index in [0.29, 0.717) is 24.8 Å². The van der Waals surface area contributed by atoms with Gasteiger partial charge in [-0.2, -0.15) is 0 Å². The molecule has 0 spiro atoms. The highest BCUT2D eigenvalue weighted by Gasteiger charge is 2.25. The second-order valence-electron chi connectivity index (χ2n) is 4.15. The Morgan fingerprint density at radius 2 is 2.24 bits per heavy atom. The standard InChI is InChI=1S/C12H13BN2O2/c13-9-2-1-3-10(6-9)14-7-8-4-5-11(16)15-12(8)17/h1-3,6,8,14H,4-5,7H2,(H,15,16,17). The molecule has 2 radical (unpaired) electrons. The molecule has 1 aliphatic heterocycles. The van der Waals surface area contributed by atoms with E-state index in [-0.39, 0.29) is 17.7 Å². The van der Waals surface area contributed by atoms with Crippen LogP contribution in [0.3, 0.4) is 0 Å². The second kappa shape index (κ2) is 5.04. The second-order valence-corrected chi connectivity index (χ2v) is 4.15. The Kier molecular flexibility index (Phi) is 3.47. The Morgan fingerprint density at radius 3 is 2.94 bits per heavy atom. The summed E-state index contributed by atoms with van der Waals surface area (Å²) in [6, 6.07) is 7.35. The minimum atomic E-state index is -0.197. The van der Waals surface area contributed by atoms with Crippen LogP contribution >= 0.6 is 0 Å². The lowest BCUT2D eigenvalue weighted by Gasteiger charge is -2.21. The molecule has 0 aliphatic carbocycles. The van der Waals surface area contributed by atoms with Gasteiger partial charge in [-0.1, -0.05) is 17.6 Å². The first-order valence-corrected chi connectivity index (χ1v) is 5.58. The lowest BCUT2D eigenvalue weighted by molar-refractivity contribution is -0.135. The van der Waals surface area contributed by atoms with Crippen LogP contribution in [0, 0.1) is 5.92 Å². The first-order chi connectivity index (χ1) is 8.15. The Hall–Kier alpha value is -1.78. The molecule has 1 heterocycles. The minimum Gasteiger partial charge on any atom is -0.384 e. The Bertz CT molecular complexity index is 448. The lowest BCUT2D eigenvalue weighted by Crippen LogP contribution is -2.43. The summed E-state index contributed by atoms with van der Waals surface area (Å²) >= 11 is 0. The van der Waals surface area contributed by atoms with Crippen LogP contribution in [0.5, 0.6) is 0 Å². The molecule has 2 amide bonds. The zero-order valence-electron chi connectivity index (χ0n) is 9.40. The molecule has 1 fully saturated rings. The van der Waals surface area contributed by atoms with Crippen LogP contribution in [-0.2, 0) is 9.59 Å². The van der Waals surface area contributed by atoms with Gasteiger partial charge in [0.2, 0.25) is 11.8 Å². The molecule has 86 valence electrons. The topological polar surface area (TPSA) is 58.2 Å². The number of imide groups is 1. The summed E-state index contributed by atoms with van der Waals surface area (Å²) in [5, 5.41) is 5.48. The van der Waals surface area contributed by atoms with E-state index < -0.39 is 0 Å². The van der Waals surface area contributed by atoms with Crippen LogP contribution in [-0.4, -0.2) is 26.2 Å². The molecule has 1 aromatic carbocycles. The number of carbonyl (C=O) groups excluding carboxylic acids is 2. The smallest absolute Gasteiger partial charge is 0.231 e. The van der Waals surface area contributed by atoms with Crippen molar-refractivity contribution in [3.63, 3.8) is 0 Å². The molecule has 2 rings (SSSR count). The van der Waals surface area contributed by atoms with Crippen molar-refractivity contribution < 1.29 is 9.59 Å². The molecule has 1 saturated heterocycles. The first kappa shape index (κ1) is 11.7. The summed E-state index contributed by atoms with van der Waals surface area (Å²) in [6.45, 7) is 0.516. The Balaban J connectivity index is 1.90. The van der Waals surface area contributed by atoms with Gasteiger partial charge in [0.05, 0.1) is 5.92 Å². The molecule has 1 atom stereocenters. The normalized spacial score (nSPS) is 19.9. The summed E-state index contributed by atoms with van der Waals surface area (Å²) in [5.41, 5.74) is 1.56. The molecule has 1 aliphatic rings. The summed E-state index contributed by atoms with van der Waals surface area (Å²) in [6.07, 6.45) is 1.01. The van der Waals surface area contributed by atoms with Crippen LogP contribution in [0.1, 0.15) is 12.8 Å². The molecule has 0 bridgehead atoms. The molecular formula is C12H13BN2O2. The van der Waals surface area contributed by atoms with Gasteiger partial charge >= 0.3 is 0 Å². The maximum Gasteiger partial charge on any atom is 0.231 e. The summed E-state index contributed by atoms with van der Waals surface area (Å²) in [4.78, 5) is 22.5. The highest BCUT2D eigenvalue weighted by atomic mass is 16.2. The van der Waals surface area contributed by atoms with E-state index in [1.54, 1.807) is 6.07 Å². The number of hydrogen-bond donors (Lipinski definition) is 2. The van der Waals surface area contributed by atoms with Gasteiger partial charge in [-0.3, -0.25) is 14.9 Å². The molecular weight excluding hydrogens is 215 g/mol. The quantitative estimate of drug-likeness (QED) is 0.563. The van der Waals surface area contributed by atoms with Crippen molar-refractivity contribution in [1.29, 1.82) is 0 Å². The third kappa shape index (κ3) is 3.09. The zero-order valence-corrected chi connectivity index (χ0v) is 9.40. The summed E-state index contributed by atoms with van der Waals surface area (Å²) in [5.74, 6) is -0.540. The van der Waals surface area contributed by atoms with Gasteiger partial charge < -0.3 is 5.32 Å². The van der Waals surface area contributed by atoms with Crippen LogP contribution in [0.4, 0.5) is 5.69 Å². The van der Waals surface area contributed by atoms with E-state index in [2.05, 4.69) is 10.6 Å². The third-order valence-electron chi connectivity index (χ3n) is 2.79. The molecule has 4 nitrogen and oxygen atoms in total. The summed E-state index contributed by atoms with van der Waals surface area (Å²) < 4.78 is 0. The minimum absolute atomic E-state index is 0.158. The molecule has 0 saturated carbocycles. The van der Waals surface area contributed by atoms with Crippen molar-refractivity contribution >= 4 is 30.8 Å². The van der Waals surface area contributed by atoms with Crippen molar-refractivity contribution in [2.24, 2.45) is 5.92 Å². The van der Waals surface area contributed by atoms with Crippen molar-refractivity contribution in [3.8, 4) is 0 Å². The van der Waals surface area contributed by atoms with Gasteiger partial charge in [0.1, 0.15) is 7.85 Å². The Labute approximate surface area is 101 Å². The predicted molar refractivity (Wildman–Crippen MR) is 66.2 cm³/mol. The van der Waals surface area contributed by atoms with E-state index in [1.807, 2.05) is 18.2 Å². The first-order valence-electron chi connectivity index (χ1n) is 5.58. The molecule has 0 aromatic heterocycles. The maximum atomic E-state index is 11.5. The van der Waals surface area contributed by atoms with E-state index in [0.717, 1.165) is 5.69 Å². The largest absolute Gasteiger partial charge is 0.384 e. The maximum absolute atomic E-state index is 11.5. The van der Waals surface area contributed by atoms with Gasteiger partial charge in [0.25, 0.3) is 0 Å². The predicted octanol–water partition coefficient (Wildman–Crippen LogP) is -0.0549. The van der Waals surface area contributed by atoms with Gasteiger partial charge in [-0.15, -0.1) is 0 Å². The van der Waals surface area contributed by atoms with E-state index >= 15 is 0 Å². The number of benzene rings is 1. The van der Waals surface area contributed by atoms with Gasteiger partial charge in [-0.05, 0) is 18.6 Å². The molecule has 17 heavy (non-hydrogen) atoms. The van der Waals surface area contributed by atoms with E-state index in [4.69, 9.17) is 7.85 Å². The fourth-order valence-electron chi connectivity index (χ4n) is 1.82. The van der Waals surface area contributed by atoms with Gasteiger partial charge in [0, 0.05) is 18.7 Å². The van der Waals surface area contributed by atoms with Gasteiger partial charge in [-0.25, -0.2) is 0 Å². The fourth-order valence-corrected chi connectivity index (χ4v) is 1.82. The number of carbonyl (C=O) groups is 2. The molecule has 1 unspecified atom stereocenters. The lowest BCUT2D eigenvalue weighted by atomic mass is 9.95. The van der Waals surface area contributed by atoms with E-state index in [1.165, 1.54) is 0 Å². The SMILES string of the molecule is [B]c1cccc(NCC2CCC(=O)NC2=O)c1. The van der Waals surface area contributed by atoms with Crippen LogP contribution in [0.2, 0.25) is 0 Å². The van der Waals surface area contributed by atoms with Crippen LogP contribution < -0.4 is 16.1 Å². The van der Waals surface area contributed by atoms with Crippen molar-refractivity contribution in [3.05, 3.63) is 24.3 Å². The fraction of sp³-hybridized carbons (Fsp3) is 0.333. The monoisotopic (exact) mass is 228 g/mol. The molecule has 5 heteroatoms. The van der Waals surface area contributed by atoms with Crippen molar-refractivity contribution in [2.45, 2.75) is 12.8 Å². The van der Waals surface area contributed by atoms with Crippen molar-refractivity contribution in [1.82, 2.24) is 5.32 Å². The number of piperidine rings is 1. The average molecular weight is 228 g/mol. The molecule has 2 N–H and O–H groups in total. The molecule has 1 aromatic rings. The number of anilines is 1. The average Bonchev–Trinajstić information content (AvgIpc) is 2.28.